The topological polar surface area (TPSA) is 90.3 Å². The zero-order valence-corrected chi connectivity index (χ0v) is 16.2. The number of nitrogens with two attached hydrogens (primary N) is 1. The Labute approximate surface area is 167 Å². The molecule has 2 aliphatic heterocycles. The van der Waals surface area contributed by atoms with E-state index in [2.05, 4.69) is 6.07 Å². The van der Waals surface area contributed by atoms with Crippen molar-refractivity contribution in [2.45, 2.75) is 38.3 Å². The number of nitrogens with zero attached hydrogens (tertiary/aromatic N) is 2. The summed E-state index contributed by atoms with van der Waals surface area (Å²) in [6.45, 7) is 3.06. The molecule has 1 aromatic carbocycles. The number of rotatable bonds is 3. The predicted octanol–water partition coefficient (Wildman–Crippen LogP) is 3.21. The van der Waals surface area contributed by atoms with Gasteiger partial charge >= 0.3 is 0 Å². The number of halogens is 1. The van der Waals surface area contributed by atoms with Crippen LogP contribution in [-0.4, -0.2) is 17.3 Å². The van der Waals surface area contributed by atoms with Crippen LogP contribution in [0.5, 0.6) is 5.75 Å². The summed E-state index contributed by atoms with van der Waals surface area (Å²) >= 11 is 6.02. The van der Waals surface area contributed by atoms with Crippen LogP contribution in [0.1, 0.15) is 35.6 Å². The third kappa shape index (κ3) is 3.17. The number of fused-ring (bicyclic) bond motifs is 1. The van der Waals surface area contributed by atoms with Crippen molar-refractivity contribution in [2.24, 2.45) is 5.73 Å². The molecule has 0 spiro atoms. The number of aromatic nitrogens is 1. The van der Waals surface area contributed by atoms with Gasteiger partial charge in [-0.1, -0.05) is 23.7 Å². The summed E-state index contributed by atoms with van der Waals surface area (Å²) in [4.78, 5) is 13.5. The summed E-state index contributed by atoms with van der Waals surface area (Å²) in [5.74, 6) is -0.192. The van der Waals surface area contributed by atoms with Gasteiger partial charge in [0.15, 0.2) is 0 Å². The van der Waals surface area contributed by atoms with E-state index in [1.54, 1.807) is 34.9 Å². The lowest BCUT2D eigenvalue weighted by atomic mass is 9.84. The summed E-state index contributed by atoms with van der Waals surface area (Å²) in [5.41, 5.74) is 7.99. The van der Waals surface area contributed by atoms with Crippen molar-refractivity contribution in [3.05, 3.63) is 74.0 Å². The highest BCUT2D eigenvalue weighted by atomic mass is 35.5. The smallest absolute Gasteiger partial charge is 0.258 e. The number of aryl methyl sites for hydroxylation is 1. The minimum absolute atomic E-state index is 0.0176. The van der Waals surface area contributed by atoms with E-state index in [1.165, 1.54) is 0 Å². The summed E-state index contributed by atoms with van der Waals surface area (Å²) in [5, 5.41) is 10.3. The van der Waals surface area contributed by atoms with E-state index >= 15 is 0 Å². The third-order valence-electron chi connectivity index (χ3n) is 5.30. The highest BCUT2D eigenvalue weighted by molar-refractivity contribution is 6.30. The standard InChI is InChI=1S/C21H20ClN3O3/c1-12-9-17-19(21(26)25(12)11-15-3-2-8-27-15)18(16(10-23)20(24)28-17)13-4-6-14(22)7-5-13/h4-7,9,15,18H,2-3,8,11,24H2,1H3/t15-,18-/m0/s1. The fraction of sp³-hybridized carbons (Fsp3) is 0.333. The fourth-order valence-corrected chi connectivity index (χ4v) is 4.02. The lowest BCUT2D eigenvalue weighted by Crippen LogP contribution is -2.35. The maximum atomic E-state index is 13.5. The van der Waals surface area contributed by atoms with Gasteiger partial charge in [0, 0.05) is 23.4 Å². The molecule has 2 aliphatic rings. The quantitative estimate of drug-likeness (QED) is 0.858. The van der Waals surface area contributed by atoms with Crippen LogP contribution in [0.3, 0.4) is 0 Å². The lowest BCUT2D eigenvalue weighted by molar-refractivity contribution is 0.0955. The van der Waals surface area contributed by atoms with Gasteiger partial charge in [0.2, 0.25) is 5.88 Å². The minimum atomic E-state index is -0.602. The summed E-state index contributed by atoms with van der Waals surface area (Å²) in [7, 11) is 0. The maximum absolute atomic E-state index is 13.5. The second kappa shape index (κ2) is 7.34. The SMILES string of the molecule is Cc1cc2c(c(=O)n1C[C@@H]1CCCO1)[C@@H](c1ccc(Cl)cc1)C(C#N)=C(N)O2. The zero-order valence-electron chi connectivity index (χ0n) is 15.4. The van der Waals surface area contributed by atoms with Crippen LogP contribution in [-0.2, 0) is 11.3 Å². The number of hydrogen-bond acceptors (Lipinski definition) is 5. The number of hydrogen-bond donors (Lipinski definition) is 1. The number of allylic oxidation sites excluding steroid dienone is 1. The van der Waals surface area contributed by atoms with Gasteiger partial charge in [0.25, 0.3) is 5.56 Å². The molecule has 1 aromatic heterocycles. The Balaban J connectivity index is 1.89. The van der Waals surface area contributed by atoms with Crippen molar-refractivity contribution in [1.29, 1.82) is 5.26 Å². The van der Waals surface area contributed by atoms with Crippen molar-refractivity contribution in [1.82, 2.24) is 4.57 Å². The van der Waals surface area contributed by atoms with Gasteiger partial charge in [-0.3, -0.25) is 4.79 Å². The van der Waals surface area contributed by atoms with E-state index in [1.807, 2.05) is 6.92 Å². The van der Waals surface area contributed by atoms with Crippen molar-refractivity contribution in [2.75, 3.05) is 6.61 Å². The Hall–Kier alpha value is -2.75. The van der Waals surface area contributed by atoms with Crippen molar-refractivity contribution in [3.63, 3.8) is 0 Å². The highest BCUT2D eigenvalue weighted by Crippen LogP contribution is 2.40. The molecule has 1 saturated heterocycles. The van der Waals surface area contributed by atoms with E-state index in [-0.39, 0.29) is 23.1 Å². The average Bonchev–Trinajstić information content (AvgIpc) is 3.18. The van der Waals surface area contributed by atoms with Crippen molar-refractivity contribution in [3.8, 4) is 11.8 Å². The second-order valence-electron chi connectivity index (χ2n) is 7.09. The van der Waals surface area contributed by atoms with Gasteiger partial charge in [0.05, 0.1) is 24.1 Å². The number of nitriles is 1. The molecule has 0 amide bonds. The monoisotopic (exact) mass is 397 g/mol. The Bertz CT molecular complexity index is 1040. The molecular weight excluding hydrogens is 378 g/mol. The van der Waals surface area contributed by atoms with Crippen LogP contribution in [0.2, 0.25) is 5.02 Å². The first-order valence-electron chi connectivity index (χ1n) is 9.18. The molecule has 0 unspecified atom stereocenters. The molecule has 0 bridgehead atoms. The van der Waals surface area contributed by atoms with Crippen LogP contribution in [0, 0.1) is 18.3 Å². The molecule has 0 aliphatic carbocycles. The van der Waals surface area contributed by atoms with Crippen LogP contribution >= 0.6 is 11.6 Å². The maximum Gasteiger partial charge on any atom is 0.258 e. The van der Waals surface area contributed by atoms with E-state index in [0.29, 0.717) is 22.9 Å². The fourth-order valence-electron chi connectivity index (χ4n) is 3.89. The number of pyridine rings is 1. The largest absolute Gasteiger partial charge is 0.440 e. The molecule has 4 rings (SSSR count). The van der Waals surface area contributed by atoms with Crippen LogP contribution in [0.25, 0.3) is 0 Å². The first-order chi connectivity index (χ1) is 13.5. The van der Waals surface area contributed by atoms with E-state index < -0.39 is 5.92 Å². The molecular formula is C21H20ClN3O3. The Morgan fingerprint density at radius 3 is 2.75 bits per heavy atom. The molecule has 0 saturated carbocycles. The molecule has 3 heterocycles. The molecule has 6 nitrogen and oxygen atoms in total. The van der Waals surface area contributed by atoms with Crippen LogP contribution in [0.4, 0.5) is 0 Å². The third-order valence-corrected chi connectivity index (χ3v) is 5.56. The van der Waals surface area contributed by atoms with E-state index in [9.17, 15) is 10.1 Å². The molecule has 2 N–H and O–H groups in total. The predicted molar refractivity (Wildman–Crippen MR) is 105 cm³/mol. The van der Waals surface area contributed by atoms with Gasteiger partial charge in [-0.15, -0.1) is 0 Å². The Morgan fingerprint density at radius 2 is 2.11 bits per heavy atom. The zero-order chi connectivity index (χ0) is 19.8. The first kappa shape index (κ1) is 18.6. The first-order valence-corrected chi connectivity index (χ1v) is 9.56. The molecule has 0 radical (unpaired) electrons. The van der Waals surface area contributed by atoms with Gasteiger partial charge in [0.1, 0.15) is 17.4 Å². The molecule has 2 aromatic rings. The summed E-state index contributed by atoms with van der Waals surface area (Å²) in [6, 6.07) is 11.0. The highest BCUT2D eigenvalue weighted by Gasteiger charge is 2.34. The van der Waals surface area contributed by atoms with E-state index in [0.717, 1.165) is 30.7 Å². The molecule has 144 valence electrons. The minimum Gasteiger partial charge on any atom is -0.440 e. The normalized spacial score (nSPS) is 21.2. The van der Waals surface area contributed by atoms with Crippen molar-refractivity contribution >= 4 is 11.6 Å². The second-order valence-corrected chi connectivity index (χ2v) is 7.53. The summed E-state index contributed by atoms with van der Waals surface area (Å²) in [6.07, 6.45) is 1.94. The van der Waals surface area contributed by atoms with Crippen LogP contribution < -0.4 is 16.0 Å². The number of benzene rings is 1. The molecule has 1 fully saturated rings. The van der Waals surface area contributed by atoms with E-state index in [4.69, 9.17) is 26.8 Å². The molecule has 28 heavy (non-hydrogen) atoms. The average molecular weight is 398 g/mol. The number of ether oxygens (including phenoxy) is 2. The Morgan fingerprint density at radius 1 is 1.36 bits per heavy atom. The van der Waals surface area contributed by atoms with Crippen LogP contribution in [0.15, 0.2) is 46.6 Å². The van der Waals surface area contributed by atoms with Crippen molar-refractivity contribution < 1.29 is 9.47 Å². The van der Waals surface area contributed by atoms with Gasteiger partial charge in [-0.05, 0) is 37.5 Å². The lowest BCUT2D eigenvalue weighted by Gasteiger charge is -2.27. The van der Waals surface area contributed by atoms with Gasteiger partial charge in [-0.2, -0.15) is 5.26 Å². The molecule has 2 atom stereocenters. The van der Waals surface area contributed by atoms with Gasteiger partial charge < -0.3 is 19.8 Å². The summed E-state index contributed by atoms with van der Waals surface area (Å²) < 4.78 is 13.1. The molecule has 7 heteroatoms. The van der Waals surface area contributed by atoms with Gasteiger partial charge in [-0.25, -0.2) is 0 Å². The Kier molecular flexibility index (Phi) is 4.88.